The molecule has 218 valence electrons. The van der Waals surface area contributed by atoms with Gasteiger partial charge in [0.2, 0.25) is 10.0 Å². The van der Waals surface area contributed by atoms with E-state index in [2.05, 4.69) is 36.1 Å². The molecule has 0 aromatic heterocycles. The summed E-state index contributed by atoms with van der Waals surface area (Å²) in [5, 5.41) is 0. The number of hydrogen-bond donors (Lipinski definition) is 0. The Labute approximate surface area is 239 Å². The number of benzene rings is 2. The Bertz CT molecular complexity index is 1270. The van der Waals surface area contributed by atoms with E-state index in [0.29, 0.717) is 55.3 Å². The van der Waals surface area contributed by atoms with Crippen LogP contribution >= 0.6 is 0 Å². The smallest absolute Gasteiger partial charge is 0.257 e. The molecule has 0 aliphatic carbocycles. The van der Waals surface area contributed by atoms with Gasteiger partial charge in [0.25, 0.3) is 5.91 Å². The molecule has 0 bridgehead atoms. The van der Waals surface area contributed by atoms with Crippen molar-refractivity contribution in [1.29, 1.82) is 0 Å². The molecule has 3 heterocycles. The van der Waals surface area contributed by atoms with Gasteiger partial charge in [-0.1, -0.05) is 31.2 Å². The monoisotopic (exact) mass is 569 g/mol. The van der Waals surface area contributed by atoms with Crippen LogP contribution in [0.15, 0.2) is 42.5 Å². The number of amides is 1. The highest BCUT2D eigenvalue weighted by Crippen LogP contribution is 2.30. The molecule has 2 saturated heterocycles. The molecule has 2 aromatic rings. The molecular weight excluding hydrogens is 526 g/mol. The average molecular weight is 570 g/mol. The van der Waals surface area contributed by atoms with Crippen molar-refractivity contribution >= 4 is 15.9 Å². The van der Waals surface area contributed by atoms with Gasteiger partial charge >= 0.3 is 0 Å². The van der Waals surface area contributed by atoms with Crippen molar-refractivity contribution < 1.29 is 22.7 Å². The number of sulfonamides is 1. The van der Waals surface area contributed by atoms with Gasteiger partial charge in [0.1, 0.15) is 17.6 Å². The second kappa shape index (κ2) is 12.9. The second-order valence-electron chi connectivity index (χ2n) is 11.5. The van der Waals surface area contributed by atoms with E-state index in [4.69, 9.17) is 9.47 Å². The number of ether oxygens (including phenoxy) is 2. The highest BCUT2D eigenvalue weighted by molar-refractivity contribution is 7.89. The Kier molecular flexibility index (Phi) is 9.33. The first-order valence-corrected chi connectivity index (χ1v) is 16.3. The molecule has 0 radical (unpaired) electrons. The fourth-order valence-corrected chi connectivity index (χ4v) is 7.59. The van der Waals surface area contributed by atoms with E-state index >= 15 is 0 Å². The molecule has 2 aromatic carbocycles. The van der Waals surface area contributed by atoms with Crippen molar-refractivity contribution in [2.24, 2.45) is 5.92 Å². The van der Waals surface area contributed by atoms with Crippen LogP contribution in [0, 0.1) is 5.92 Å². The number of hydrogen-bond acceptors (Lipinski definition) is 6. The Hall–Kier alpha value is -2.62. The third kappa shape index (κ3) is 6.98. The largest absolute Gasteiger partial charge is 0.496 e. The van der Waals surface area contributed by atoms with E-state index in [0.717, 1.165) is 52.0 Å². The van der Waals surface area contributed by atoms with Crippen molar-refractivity contribution in [1.82, 2.24) is 14.1 Å². The number of carbonyl (C=O) groups excluding carboxylic acids is 1. The van der Waals surface area contributed by atoms with Gasteiger partial charge in [0.05, 0.1) is 18.4 Å². The van der Waals surface area contributed by atoms with Gasteiger partial charge < -0.3 is 14.4 Å². The minimum absolute atomic E-state index is 0.00100. The summed E-state index contributed by atoms with van der Waals surface area (Å²) in [4.78, 5) is 17.3. The van der Waals surface area contributed by atoms with Crippen molar-refractivity contribution in [2.75, 3.05) is 52.1 Å². The number of likely N-dealkylation sites (tertiary alicyclic amines) is 1. The Balaban J connectivity index is 1.08. The lowest BCUT2D eigenvalue weighted by Crippen LogP contribution is -2.43. The predicted molar refractivity (Wildman–Crippen MR) is 156 cm³/mol. The summed E-state index contributed by atoms with van der Waals surface area (Å²) in [6, 6.07) is 13.9. The van der Waals surface area contributed by atoms with Crippen LogP contribution in [0.5, 0.6) is 11.5 Å². The maximum Gasteiger partial charge on any atom is 0.257 e. The molecule has 3 aliphatic heterocycles. The molecule has 0 unspecified atom stereocenters. The van der Waals surface area contributed by atoms with Crippen LogP contribution in [0.4, 0.5) is 0 Å². The molecule has 3 aliphatic rings. The molecule has 0 atom stereocenters. The molecule has 2 fully saturated rings. The zero-order chi connectivity index (χ0) is 28.1. The fourth-order valence-electron chi connectivity index (χ4n) is 6.07. The number of fused-ring (bicyclic) bond motifs is 1. The maximum absolute atomic E-state index is 13.1. The van der Waals surface area contributed by atoms with Gasteiger partial charge in [-0.15, -0.1) is 0 Å². The van der Waals surface area contributed by atoms with E-state index in [1.807, 2.05) is 11.0 Å². The molecule has 1 amide bonds. The molecule has 0 N–H and O–H groups in total. The van der Waals surface area contributed by atoms with Gasteiger partial charge in [-0.05, 0) is 74.2 Å². The molecule has 0 spiro atoms. The Morgan fingerprint density at radius 3 is 2.40 bits per heavy atom. The number of piperidine rings is 2. The molecule has 40 heavy (non-hydrogen) atoms. The number of nitrogens with zero attached hydrogens (tertiary/aromatic N) is 3. The van der Waals surface area contributed by atoms with Crippen LogP contribution in [-0.2, 0) is 23.0 Å². The second-order valence-corrected chi connectivity index (χ2v) is 13.6. The zero-order valence-corrected chi connectivity index (χ0v) is 24.7. The highest BCUT2D eigenvalue weighted by Gasteiger charge is 2.30. The lowest BCUT2D eigenvalue weighted by molar-refractivity contribution is 0.0693. The number of methoxy groups -OCH3 is 1. The summed E-state index contributed by atoms with van der Waals surface area (Å²) < 4.78 is 39.5. The summed E-state index contributed by atoms with van der Waals surface area (Å²) in [6.07, 6.45) is 4.92. The van der Waals surface area contributed by atoms with Crippen molar-refractivity contribution in [2.45, 2.75) is 58.1 Å². The zero-order valence-electron chi connectivity index (χ0n) is 23.9. The molecule has 0 saturated carbocycles. The van der Waals surface area contributed by atoms with Gasteiger partial charge in [0, 0.05) is 45.3 Å². The topological polar surface area (TPSA) is 79.4 Å². The van der Waals surface area contributed by atoms with Crippen LogP contribution in [0.25, 0.3) is 0 Å². The SMILES string of the molecule is COc1cc(OC2CCN(S(=O)(=O)CCCN3CCc4ccccc4C3)CC2)ccc1C(=O)N1CCC(C)CC1. The van der Waals surface area contributed by atoms with E-state index in [-0.39, 0.29) is 17.8 Å². The van der Waals surface area contributed by atoms with Crippen LogP contribution in [0.1, 0.15) is 60.5 Å². The Morgan fingerprint density at radius 1 is 0.950 bits per heavy atom. The molecular formula is C31H43N3O5S. The first-order valence-electron chi connectivity index (χ1n) is 14.7. The van der Waals surface area contributed by atoms with Crippen LogP contribution in [0.3, 0.4) is 0 Å². The van der Waals surface area contributed by atoms with Gasteiger partial charge in [-0.3, -0.25) is 9.69 Å². The molecule has 9 heteroatoms. The third-order valence-electron chi connectivity index (χ3n) is 8.66. The van der Waals surface area contributed by atoms with Crippen molar-refractivity contribution in [3.05, 3.63) is 59.2 Å². The van der Waals surface area contributed by atoms with Crippen LogP contribution < -0.4 is 9.47 Å². The van der Waals surface area contributed by atoms with E-state index < -0.39 is 10.0 Å². The minimum atomic E-state index is -3.29. The lowest BCUT2D eigenvalue weighted by Gasteiger charge is -2.32. The Morgan fingerprint density at radius 2 is 1.68 bits per heavy atom. The molecule has 8 nitrogen and oxygen atoms in total. The maximum atomic E-state index is 13.1. The standard InChI is InChI=1S/C31H43N3O5S/c1-24-10-17-33(18-11-24)31(35)29-9-8-28(22-30(29)38-2)39-27-13-19-34(20-14-27)40(36,37)21-5-15-32-16-12-25-6-3-4-7-26(25)23-32/h3-4,6-9,22,24,27H,5,10-21,23H2,1-2H3. The van der Waals surface area contributed by atoms with Gasteiger partial charge in [-0.25, -0.2) is 12.7 Å². The van der Waals surface area contributed by atoms with E-state index in [1.54, 1.807) is 23.5 Å². The lowest BCUT2D eigenvalue weighted by atomic mass is 9.98. The minimum Gasteiger partial charge on any atom is -0.496 e. The quantitative estimate of drug-likeness (QED) is 0.451. The normalized spacial score (nSPS) is 19.8. The summed E-state index contributed by atoms with van der Waals surface area (Å²) in [5.41, 5.74) is 3.32. The van der Waals surface area contributed by atoms with E-state index in [9.17, 15) is 13.2 Å². The highest BCUT2D eigenvalue weighted by atomic mass is 32.2. The predicted octanol–water partition coefficient (Wildman–Crippen LogP) is 4.19. The number of rotatable bonds is 9. The molecule has 5 rings (SSSR count). The summed E-state index contributed by atoms with van der Waals surface area (Å²) in [7, 11) is -1.72. The van der Waals surface area contributed by atoms with Crippen LogP contribution in [-0.4, -0.2) is 86.7 Å². The third-order valence-corrected chi connectivity index (χ3v) is 10.6. The summed E-state index contributed by atoms with van der Waals surface area (Å²) >= 11 is 0. The first-order chi connectivity index (χ1) is 19.3. The van der Waals surface area contributed by atoms with Crippen molar-refractivity contribution in [3.8, 4) is 11.5 Å². The van der Waals surface area contributed by atoms with Crippen LogP contribution in [0.2, 0.25) is 0 Å². The number of carbonyl (C=O) groups is 1. The van der Waals surface area contributed by atoms with Gasteiger partial charge in [-0.2, -0.15) is 0 Å². The van der Waals surface area contributed by atoms with Gasteiger partial charge in [0.15, 0.2) is 0 Å². The first kappa shape index (κ1) is 28.9. The average Bonchev–Trinajstić information content (AvgIpc) is 2.97. The van der Waals surface area contributed by atoms with Crippen molar-refractivity contribution in [3.63, 3.8) is 0 Å². The summed E-state index contributed by atoms with van der Waals surface area (Å²) in [6.45, 7) is 7.38. The van der Waals surface area contributed by atoms with E-state index in [1.165, 1.54) is 11.1 Å². The fraction of sp³-hybridized carbons (Fsp3) is 0.581. The summed E-state index contributed by atoms with van der Waals surface area (Å²) in [5.74, 6) is 1.99.